The van der Waals surface area contributed by atoms with Crippen LogP contribution in [-0.2, 0) is 9.59 Å². The highest BCUT2D eigenvalue weighted by atomic mass is 35.5. The molecule has 4 rings (SSSR count). The molecular formula is C22H26ClN5O3. The number of amides is 2. The quantitative estimate of drug-likeness (QED) is 0.658. The van der Waals surface area contributed by atoms with Gasteiger partial charge in [-0.15, -0.1) is 10.2 Å². The summed E-state index contributed by atoms with van der Waals surface area (Å²) in [7, 11) is 0. The Hall–Kier alpha value is -2.71. The number of nitrogens with zero attached hydrogens (tertiary/aromatic N) is 4. The Morgan fingerprint density at radius 1 is 1.10 bits per heavy atom. The number of piperidine rings is 1. The Bertz CT molecular complexity index is 914. The van der Waals surface area contributed by atoms with Crippen LogP contribution in [0.25, 0.3) is 0 Å². The van der Waals surface area contributed by atoms with Gasteiger partial charge in [-0.25, -0.2) is 4.90 Å². The van der Waals surface area contributed by atoms with Crippen LogP contribution in [0, 0.1) is 0 Å². The molecule has 164 valence electrons. The maximum absolute atomic E-state index is 12.9. The fourth-order valence-corrected chi connectivity index (χ4v) is 4.08. The maximum Gasteiger partial charge on any atom is 0.251 e. The summed E-state index contributed by atoms with van der Waals surface area (Å²) < 4.78 is 5.57. The van der Waals surface area contributed by atoms with Crippen LogP contribution in [0.5, 0.6) is 5.75 Å². The van der Waals surface area contributed by atoms with Gasteiger partial charge in [-0.1, -0.05) is 18.5 Å². The molecule has 2 aliphatic rings. The molecule has 1 atom stereocenters. The summed E-state index contributed by atoms with van der Waals surface area (Å²) >= 11 is 5.81. The summed E-state index contributed by atoms with van der Waals surface area (Å²) in [5.41, 5.74) is 0.583. The second kappa shape index (κ2) is 9.62. The van der Waals surface area contributed by atoms with E-state index in [9.17, 15) is 9.59 Å². The number of carbonyl (C=O) groups excluding carboxylic acids is 2. The van der Waals surface area contributed by atoms with E-state index in [4.69, 9.17) is 16.3 Å². The SMILES string of the molecule is CCCOc1ccc(N2C(=O)CC(NC3CCN(c4ccc(Cl)nn4)CC3)C2=O)cc1. The van der Waals surface area contributed by atoms with Gasteiger partial charge in [0.15, 0.2) is 11.0 Å². The molecule has 2 aromatic rings. The van der Waals surface area contributed by atoms with Crippen LogP contribution < -0.4 is 19.9 Å². The van der Waals surface area contributed by atoms with Crippen molar-refractivity contribution in [1.29, 1.82) is 0 Å². The zero-order chi connectivity index (χ0) is 21.8. The van der Waals surface area contributed by atoms with E-state index in [2.05, 4.69) is 20.4 Å². The first-order valence-corrected chi connectivity index (χ1v) is 11.0. The average molecular weight is 444 g/mol. The fraction of sp³-hybridized carbons (Fsp3) is 0.455. The van der Waals surface area contributed by atoms with E-state index in [-0.39, 0.29) is 24.3 Å². The second-order valence-corrected chi connectivity index (χ2v) is 8.20. The molecule has 0 saturated carbocycles. The zero-order valence-corrected chi connectivity index (χ0v) is 18.2. The lowest BCUT2D eigenvalue weighted by Gasteiger charge is -2.33. The molecule has 2 aliphatic heterocycles. The van der Waals surface area contributed by atoms with Crippen molar-refractivity contribution in [2.45, 2.75) is 44.7 Å². The van der Waals surface area contributed by atoms with E-state index in [1.54, 1.807) is 30.3 Å². The van der Waals surface area contributed by atoms with Gasteiger partial charge in [-0.2, -0.15) is 0 Å². The van der Waals surface area contributed by atoms with Gasteiger partial charge in [-0.3, -0.25) is 9.59 Å². The minimum atomic E-state index is -0.490. The molecule has 2 fully saturated rings. The largest absolute Gasteiger partial charge is 0.494 e. The summed E-state index contributed by atoms with van der Waals surface area (Å²) in [6, 6.07) is 10.4. The van der Waals surface area contributed by atoms with Gasteiger partial charge in [0.25, 0.3) is 5.91 Å². The van der Waals surface area contributed by atoms with Gasteiger partial charge >= 0.3 is 0 Å². The fourth-order valence-electron chi connectivity index (χ4n) is 3.98. The monoisotopic (exact) mass is 443 g/mol. The molecule has 2 saturated heterocycles. The second-order valence-electron chi connectivity index (χ2n) is 7.81. The third-order valence-electron chi connectivity index (χ3n) is 5.59. The van der Waals surface area contributed by atoms with Gasteiger partial charge in [-0.05, 0) is 55.7 Å². The molecule has 1 unspecified atom stereocenters. The molecule has 0 aliphatic carbocycles. The summed E-state index contributed by atoms with van der Waals surface area (Å²) in [5.74, 6) is 1.15. The van der Waals surface area contributed by atoms with Gasteiger partial charge in [0.05, 0.1) is 24.8 Å². The van der Waals surface area contributed by atoms with E-state index in [1.807, 2.05) is 13.0 Å². The Morgan fingerprint density at radius 2 is 1.84 bits per heavy atom. The Labute approximate surface area is 186 Å². The normalized spacial score (nSPS) is 19.9. The number of ether oxygens (including phenoxy) is 1. The molecule has 0 bridgehead atoms. The predicted octanol–water partition coefficient (Wildman–Crippen LogP) is 2.81. The number of halogens is 1. The number of carbonyl (C=O) groups is 2. The van der Waals surface area contributed by atoms with Crippen molar-refractivity contribution in [1.82, 2.24) is 15.5 Å². The molecule has 31 heavy (non-hydrogen) atoms. The van der Waals surface area contributed by atoms with Gasteiger partial charge in [0, 0.05) is 19.1 Å². The van der Waals surface area contributed by atoms with E-state index in [0.29, 0.717) is 17.4 Å². The lowest BCUT2D eigenvalue weighted by atomic mass is 10.0. The van der Waals surface area contributed by atoms with E-state index >= 15 is 0 Å². The third-order valence-corrected chi connectivity index (χ3v) is 5.79. The molecule has 3 heterocycles. The van der Waals surface area contributed by atoms with Crippen LogP contribution in [0.1, 0.15) is 32.6 Å². The summed E-state index contributed by atoms with van der Waals surface area (Å²) in [4.78, 5) is 28.9. The Morgan fingerprint density at radius 3 is 2.48 bits per heavy atom. The first-order valence-electron chi connectivity index (χ1n) is 10.6. The van der Waals surface area contributed by atoms with Crippen molar-refractivity contribution in [3.8, 4) is 5.75 Å². The lowest BCUT2D eigenvalue weighted by molar-refractivity contribution is -0.121. The highest BCUT2D eigenvalue weighted by Crippen LogP contribution is 2.26. The van der Waals surface area contributed by atoms with Gasteiger partial charge in [0.2, 0.25) is 5.91 Å². The number of nitrogens with one attached hydrogen (secondary N) is 1. The van der Waals surface area contributed by atoms with Crippen molar-refractivity contribution in [2.24, 2.45) is 0 Å². The highest BCUT2D eigenvalue weighted by molar-refractivity contribution is 6.29. The number of aromatic nitrogens is 2. The molecule has 9 heteroatoms. The lowest BCUT2D eigenvalue weighted by Crippen LogP contribution is -2.49. The van der Waals surface area contributed by atoms with E-state index < -0.39 is 6.04 Å². The molecule has 2 amide bonds. The molecule has 8 nitrogen and oxygen atoms in total. The first kappa shape index (κ1) is 21.5. The summed E-state index contributed by atoms with van der Waals surface area (Å²) in [5, 5.41) is 11.8. The minimum Gasteiger partial charge on any atom is -0.494 e. The van der Waals surface area contributed by atoms with Crippen molar-refractivity contribution >= 4 is 34.9 Å². The number of rotatable bonds is 7. The van der Waals surface area contributed by atoms with Crippen LogP contribution in [0.2, 0.25) is 5.15 Å². The van der Waals surface area contributed by atoms with Crippen LogP contribution in [-0.4, -0.2) is 53.8 Å². The molecule has 1 aromatic carbocycles. The summed E-state index contributed by atoms with van der Waals surface area (Å²) in [6.45, 7) is 4.27. The van der Waals surface area contributed by atoms with Crippen molar-refractivity contribution < 1.29 is 14.3 Å². The number of hydrogen-bond acceptors (Lipinski definition) is 7. The van der Waals surface area contributed by atoms with Crippen LogP contribution in [0.4, 0.5) is 11.5 Å². The van der Waals surface area contributed by atoms with Crippen molar-refractivity contribution in [3.05, 3.63) is 41.6 Å². The number of hydrogen-bond donors (Lipinski definition) is 1. The molecular weight excluding hydrogens is 418 g/mol. The number of imide groups is 1. The minimum absolute atomic E-state index is 0.169. The maximum atomic E-state index is 12.9. The average Bonchev–Trinajstić information content (AvgIpc) is 3.06. The first-order chi connectivity index (χ1) is 15.0. The Kier molecular flexibility index (Phi) is 6.67. The summed E-state index contributed by atoms with van der Waals surface area (Å²) in [6.07, 6.45) is 2.80. The van der Waals surface area contributed by atoms with E-state index in [1.165, 1.54) is 4.90 Å². The van der Waals surface area contributed by atoms with Crippen molar-refractivity contribution in [2.75, 3.05) is 29.5 Å². The van der Waals surface area contributed by atoms with Crippen LogP contribution in [0.3, 0.4) is 0 Å². The topological polar surface area (TPSA) is 87.7 Å². The highest BCUT2D eigenvalue weighted by Gasteiger charge is 2.40. The van der Waals surface area contributed by atoms with Crippen LogP contribution >= 0.6 is 11.6 Å². The molecule has 0 spiro atoms. The van der Waals surface area contributed by atoms with E-state index in [0.717, 1.165) is 43.9 Å². The van der Waals surface area contributed by atoms with Gasteiger partial charge in [0.1, 0.15) is 5.75 Å². The molecule has 0 radical (unpaired) electrons. The molecule has 1 N–H and O–H groups in total. The van der Waals surface area contributed by atoms with Crippen molar-refractivity contribution in [3.63, 3.8) is 0 Å². The van der Waals surface area contributed by atoms with Crippen LogP contribution in [0.15, 0.2) is 36.4 Å². The Balaban J connectivity index is 1.32. The standard InChI is InChI=1S/C22H26ClN5O3/c1-2-13-31-17-5-3-16(4-6-17)28-21(29)14-18(22(28)30)24-15-9-11-27(12-10-15)20-8-7-19(23)25-26-20/h3-8,15,18,24H,2,9-14H2,1H3. The zero-order valence-electron chi connectivity index (χ0n) is 17.5. The number of anilines is 2. The van der Waals surface area contributed by atoms with Gasteiger partial charge < -0.3 is 15.0 Å². The predicted molar refractivity (Wildman–Crippen MR) is 119 cm³/mol. The molecule has 1 aromatic heterocycles. The smallest absolute Gasteiger partial charge is 0.251 e. The number of benzene rings is 1. The third kappa shape index (κ3) is 4.97.